The van der Waals surface area contributed by atoms with Crippen molar-refractivity contribution < 1.29 is 19.1 Å². The SMILES string of the molecule is CC1Cc2ccccc2N1C(=O)COC(=O)COc1ccc2ccccc2c1. The van der Waals surface area contributed by atoms with Crippen LogP contribution in [0.3, 0.4) is 0 Å². The van der Waals surface area contributed by atoms with Crippen molar-refractivity contribution >= 4 is 28.3 Å². The van der Waals surface area contributed by atoms with Crippen molar-refractivity contribution in [3.63, 3.8) is 0 Å². The average Bonchev–Trinajstić information content (AvgIpc) is 3.06. The highest BCUT2D eigenvalue weighted by Gasteiger charge is 2.30. The molecule has 1 unspecified atom stereocenters. The Kier molecular flexibility index (Phi) is 4.98. The molecule has 1 heterocycles. The summed E-state index contributed by atoms with van der Waals surface area (Å²) < 4.78 is 10.6. The minimum atomic E-state index is -0.568. The summed E-state index contributed by atoms with van der Waals surface area (Å²) in [4.78, 5) is 26.3. The molecule has 0 bridgehead atoms. The molecule has 0 saturated heterocycles. The number of hydrogen-bond donors (Lipinski definition) is 0. The van der Waals surface area contributed by atoms with E-state index < -0.39 is 5.97 Å². The van der Waals surface area contributed by atoms with Crippen molar-refractivity contribution in [2.75, 3.05) is 18.1 Å². The molecule has 5 heteroatoms. The number of carbonyl (C=O) groups is 2. The molecule has 0 aliphatic carbocycles. The van der Waals surface area contributed by atoms with Gasteiger partial charge in [0.05, 0.1) is 0 Å². The van der Waals surface area contributed by atoms with E-state index in [1.54, 1.807) is 4.90 Å². The van der Waals surface area contributed by atoms with Crippen molar-refractivity contribution in [2.45, 2.75) is 19.4 Å². The van der Waals surface area contributed by atoms with Gasteiger partial charge in [-0.05, 0) is 47.9 Å². The Labute approximate surface area is 163 Å². The molecule has 142 valence electrons. The molecule has 1 atom stereocenters. The van der Waals surface area contributed by atoms with Crippen LogP contribution in [0.15, 0.2) is 66.7 Å². The first-order chi connectivity index (χ1) is 13.6. The lowest BCUT2D eigenvalue weighted by Crippen LogP contribution is -2.39. The van der Waals surface area contributed by atoms with E-state index in [0.29, 0.717) is 5.75 Å². The Hall–Kier alpha value is -3.34. The van der Waals surface area contributed by atoms with Crippen LogP contribution in [0.25, 0.3) is 10.8 Å². The van der Waals surface area contributed by atoms with Crippen LogP contribution in [-0.2, 0) is 20.7 Å². The quantitative estimate of drug-likeness (QED) is 0.638. The Morgan fingerprint density at radius 3 is 2.57 bits per heavy atom. The zero-order chi connectivity index (χ0) is 19.5. The van der Waals surface area contributed by atoms with Crippen molar-refractivity contribution in [3.8, 4) is 5.75 Å². The van der Waals surface area contributed by atoms with E-state index in [-0.39, 0.29) is 25.2 Å². The number of esters is 1. The zero-order valence-electron chi connectivity index (χ0n) is 15.6. The number of benzene rings is 3. The average molecular weight is 375 g/mol. The predicted molar refractivity (Wildman–Crippen MR) is 107 cm³/mol. The van der Waals surface area contributed by atoms with E-state index in [1.165, 1.54) is 0 Å². The van der Waals surface area contributed by atoms with Crippen LogP contribution >= 0.6 is 0 Å². The molecular weight excluding hydrogens is 354 g/mol. The molecule has 3 aromatic carbocycles. The number of anilines is 1. The molecule has 0 N–H and O–H groups in total. The van der Waals surface area contributed by atoms with Crippen LogP contribution in [0.5, 0.6) is 5.75 Å². The first kappa shape index (κ1) is 18.0. The highest BCUT2D eigenvalue weighted by molar-refractivity contribution is 5.97. The van der Waals surface area contributed by atoms with Crippen LogP contribution in [0.4, 0.5) is 5.69 Å². The summed E-state index contributed by atoms with van der Waals surface area (Å²) in [6, 6.07) is 21.4. The van der Waals surface area contributed by atoms with Crippen molar-refractivity contribution in [1.82, 2.24) is 0 Å². The highest BCUT2D eigenvalue weighted by Crippen LogP contribution is 2.31. The summed E-state index contributed by atoms with van der Waals surface area (Å²) in [5.41, 5.74) is 2.03. The third-order valence-electron chi connectivity index (χ3n) is 4.91. The van der Waals surface area contributed by atoms with Crippen LogP contribution in [-0.4, -0.2) is 31.1 Å². The van der Waals surface area contributed by atoms with Crippen LogP contribution < -0.4 is 9.64 Å². The monoisotopic (exact) mass is 375 g/mol. The predicted octanol–water partition coefficient (Wildman–Crippen LogP) is 3.74. The number of nitrogens with zero attached hydrogens (tertiary/aromatic N) is 1. The molecule has 0 spiro atoms. The van der Waals surface area contributed by atoms with Crippen LogP contribution in [0.2, 0.25) is 0 Å². The second-order valence-corrected chi connectivity index (χ2v) is 6.90. The minimum Gasteiger partial charge on any atom is -0.482 e. The van der Waals surface area contributed by atoms with Crippen molar-refractivity contribution in [3.05, 3.63) is 72.3 Å². The Bertz CT molecular complexity index is 1030. The highest BCUT2D eigenvalue weighted by atomic mass is 16.6. The van der Waals surface area contributed by atoms with Gasteiger partial charge in [0.1, 0.15) is 5.75 Å². The minimum absolute atomic E-state index is 0.0532. The number of amides is 1. The van der Waals surface area contributed by atoms with Crippen molar-refractivity contribution in [2.24, 2.45) is 0 Å². The Morgan fingerprint density at radius 2 is 1.71 bits per heavy atom. The summed E-state index contributed by atoms with van der Waals surface area (Å²) in [5.74, 6) is -0.206. The summed E-state index contributed by atoms with van der Waals surface area (Å²) in [7, 11) is 0. The van der Waals surface area contributed by atoms with E-state index in [0.717, 1.165) is 28.4 Å². The maximum absolute atomic E-state index is 12.6. The topological polar surface area (TPSA) is 55.8 Å². The molecule has 0 radical (unpaired) electrons. The molecule has 0 fully saturated rings. The van der Waals surface area contributed by atoms with Gasteiger partial charge in [0.15, 0.2) is 13.2 Å². The number of para-hydroxylation sites is 1. The van der Waals surface area contributed by atoms with Gasteiger partial charge in [-0.3, -0.25) is 4.79 Å². The fourth-order valence-corrected chi connectivity index (χ4v) is 3.60. The van der Waals surface area contributed by atoms with Gasteiger partial charge >= 0.3 is 5.97 Å². The van der Waals surface area contributed by atoms with Crippen molar-refractivity contribution in [1.29, 1.82) is 0 Å². The van der Waals surface area contributed by atoms with Gasteiger partial charge in [0.25, 0.3) is 5.91 Å². The van der Waals surface area contributed by atoms with Gasteiger partial charge in [-0.1, -0.05) is 48.5 Å². The second-order valence-electron chi connectivity index (χ2n) is 6.90. The summed E-state index contributed by atoms with van der Waals surface area (Å²) in [6.45, 7) is 1.46. The number of fused-ring (bicyclic) bond motifs is 2. The third-order valence-corrected chi connectivity index (χ3v) is 4.91. The maximum Gasteiger partial charge on any atom is 0.344 e. The molecule has 1 aliphatic heterocycles. The third kappa shape index (κ3) is 3.69. The summed E-state index contributed by atoms with van der Waals surface area (Å²) >= 11 is 0. The molecule has 1 aliphatic rings. The fourth-order valence-electron chi connectivity index (χ4n) is 3.60. The van der Waals surface area contributed by atoms with Crippen LogP contribution in [0.1, 0.15) is 12.5 Å². The lowest BCUT2D eigenvalue weighted by atomic mass is 10.1. The molecule has 1 amide bonds. The lowest BCUT2D eigenvalue weighted by molar-refractivity contribution is -0.149. The number of rotatable bonds is 5. The van der Waals surface area contributed by atoms with E-state index >= 15 is 0 Å². The van der Waals surface area contributed by atoms with Gasteiger partial charge in [-0.2, -0.15) is 0 Å². The van der Waals surface area contributed by atoms with Crippen LogP contribution in [0, 0.1) is 0 Å². The largest absolute Gasteiger partial charge is 0.482 e. The fraction of sp³-hybridized carbons (Fsp3) is 0.217. The second kappa shape index (κ2) is 7.72. The van der Waals surface area contributed by atoms with E-state index in [9.17, 15) is 9.59 Å². The zero-order valence-corrected chi connectivity index (χ0v) is 15.6. The summed E-state index contributed by atoms with van der Waals surface area (Å²) in [6.07, 6.45) is 0.806. The normalized spacial score (nSPS) is 15.3. The first-order valence-electron chi connectivity index (χ1n) is 9.29. The first-order valence-corrected chi connectivity index (χ1v) is 9.29. The van der Waals surface area contributed by atoms with Gasteiger partial charge < -0.3 is 14.4 Å². The maximum atomic E-state index is 12.6. The molecule has 28 heavy (non-hydrogen) atoms. The number of ether oxygens (including phenoxy) is 2. The van der Waals surface area contributed by atoms with E-state index in [4.69, 9.17) is 9.47 Å². The Balaban J connectivity index is 1.31. The molecule has 0 aromatic heterocycles. The molecule has 0 saturated carbocycles. The number of carbonyl (C=O) groups excluding carboxylic acids is 2. The molecule has 4 rings (SSSR count). The molecular formula is C23H21NO4. The standard InChI is InChI=1S/C23H21NO4/c1-16-12-19-8-4-5-9-21(19)24(16)22(25)14-28-23(26)15-27-20-11-10-17-6-2-3-7-18(17)13-20/h2-11,13,16H,12,14-15H2,1H3. The number of hydrogen-bond acceptors (Lipinski definition) is 4. The van der Waals surface area contributed by atoms with Gasteiger partial charge in [-0.15, -0.1) is 0 Å². The van der Waals surface area contributed by atoms with E-state index in [2.05, 4.69) is 0 Å². The molecule has 5 nitrogen and oxygen atoms in total. The Morgan fingerprint density at radius 1 is 0.964 bits per heavy atom. The van der Waals surface area contributed by atoms with Gasteiger partial charge in [0, 0.05) is 11.7 Å². The van der Waals surface area contributed by atoms with E-state index in [1.807, 2.05) is 73.7 Å². The lowest BCUT2D eigenvalue weighted by Gasteiger charge is -2.22. The van der Waals surface area contributed by atoms with Gasteiger partial charge in [0.2, 0.25) is 0 Å². The summed E-state index contributed by atoms with van der Waals surface area (Å²) in [5, 5.41) is 2.13. The van der Waals surface area contributed by atoms with Gasteiger partial charge in [-0.25, -0.2) is 4.79 Å². The smallest absolute Gasteiger partial charge is 0.344 e. The molecule has 3 aromatic rings.